The van der Waals surface area contributed by atoms with Crippen molar-refractivity contribution >= 4 is 28.9 Å². The van der Waals surface area contributed by atoms with E-state index in [4.69, 9.17) is 4.42 Å². The zero-order valence-electron chi connectivity index (χ0n) is 15.5. The second-order valence-electron chi connectivity index (χ2n) is 6.60. The average molecular weight is 403 g/mol. The Labute approximate surface area is 171 Å². The molecule has 0 radical (unpaired) electrons. The molecule has 0 bridgehead atoms. The molecule has 2 N–H and O–H groups in total. The molecular formula is C23H17NO4S. The SMILES string of the molecule is Cc1ccc(NC(=O)c2cccc(-c3ccoc3)c2)c(-c2cscc2C(=O)O)c1. The lowest BCUT2D eigenvalue weighted by molar-refractivity contribution is 0.0698. The van der Waals surface area contributed by atoms with E-state index in [1.54, 1.807) is 41.5 Å². The summed E-state index contributed by atoms with van der Waals surface area (Å²) in [4.78, 5) is 24.5. The number of nitrogens with one attached hydrogen (secondary N) is 1. The van der Waals surface area contributed by atoms with Crippen LogP contribution in [0, 0.1) is 6.92 Å². The van der Waals surface area contributed by atoms with Crippen molar-refractivity contribution in [1.82, 2.24) is 0 Å². The molecule has 5 nitrogen and oxygen atoms in total. The molecule has 0 unspecified atom stereocenters. The van der Waals surface area contributed by atoms with Crippen molar-refractivity contribution < 1.29 is 19.1 Å². The van der Waals surface area contributed by atoms with Gasteiger partial charge in [-0.15, -0.1) is 0 Å². The number of rotatable bonds is 5. The number of carboxylic acids is 1. The van der Waals surface area contributed by atoms with E-state index in [0.717, 1.165) is 16.7 Å². The van der Waals surface area contributed by atoms with Crippen molar-refractivity contribution in [3.8, 4) is 22.3 Å². The predicted octanol–water partition coefficient (Wildman–Crippen LogP) is 5.93. The van der Waals surface area contributed by atoms with Crippen LogP contribution in [-0.2, 0) is 0 Å². The Morgan fingerprint density at radius 2 is 1.86 bits per heavy atom. The number of aryl methyl sites for hydroxylation is 1. The third-order valence-electron chi connectivity index (χ3n) is 4.59. The van der Waals surface area contributed by atoms with E-state index >= 15 is 0 Å². The van der Waals surface area contributed by atoms with Crippen LogP contribution in [0.5, 0.6) is 0 Å². The molecule has 144 valence electrons. The van der Waals surface area contributed by atoms with Crippen molar-refractivity contribution in [3.05, 3.63) is 88.5 Å². The van der Waals surface area contributed by atoms with Crippen molar-refractivity contribution in [2.75, 3.05) is 5.32 Å². The quantitative estimate of drug-likeness (QED) is 0.433. The van der Waals surface area contributed by atoms with E-state index in [9.17, 15) is 14.7 Å². The summed E-state index contributed by atoms with van der Waals surface area (Å²) in [7, 11) is 0. The van der Waals surface area contributed by atoms with Crippen LogP contribution in [0.2, 0.25) is 0 Å². The number of amides is 1. The van der Waals surface area contributed by atoms with Gasteiger partial charge >= 0.3 is 5.97 Å². The molecule has 0 aliphatic rings. The van der Waals surface area contributed by atoms with Crippen molar-refractivity contribution in [2.45, 2.75) is 6.92 Å². The Morgan fingerprint density at radius 1 is 1.00 bits per heavy atom. The second-order valence-corrected chi connectivity index (χ2v) is 7.34. The number of hydrogen-bond donors (Lipinski definition) is 2. The van der Waals surface area contributed by atoms with Gasteiger partial charge < -0.3 is 14.8 Å². The van der Waals surface area contributed by atoms with Gasteiger partial charge in [0.1, 0.15) is 0 Å². The lowest BCUT2D eigenvalue weighted by atomic mass is 10.00. The molecule has 4 rings (SSSR count). The number of anilines is 1. The average Bonchev–Trinajstić information content (AvgIpc) is 3.41. The normalized spacial score (nSPS) is 10.7. The summed E-state index contributed by atoms with van der Waals surface area (Å²) >= 11 is 1.32. The molecule has 0 saturated heterocycles. The smallest absolute Gasteiger partial charge is 0.337 e. The van der Waals surface area contributed by atoms with E-state index in [1.807, 2.05) is 37.3 Å². The van der Waals surface area contributed by atoms with Crippen LogP contribution >= 0.6 is 11.3 Å². The molecule has 0 saturated carbocycles. The van der Waals surface area contributed by atoms with Gasteiger partial charge in [0, 0.05) is 33.3 Å². The van der Waals surface area contributed by atoms with Crippen LogP contribution in [-0.4, -0.2) is 17.0 Å². The molecular weight excluding hydrogens is 386 g/mol. The highest BCUT2D eigenvalue weighted by Gasteiger charge is 2.18. The summed E-state index contributed by atoms with van der Waals surface area (Å²) in [6, 6.07) is 14.6. The van der Waals surface area contributed by atoms with E-state index < -0.39 is 5.97 Å². The minimum absolute atomic E-state index is 0.220. The molecule has 4 aromatic rings. The van der Waals surface area contributed by atoms with Crippen LogP contribution in [0.15, 0.2) is 76.2 Å². The maximum Gasteiger partial charge on any atom is 0.337 e. The number of aromatic carboxylic acids is 1. The van der Waals surface area contributed by atoms with Crippen LogP contribution in [0.4, 0.5) is 5.69 Å². The molecule has 0 aliphatic carbocycles. The van der Waals surface area contributed by atoms with Crippen molar-refractivity contribution in [3.63, 3.8) is 0 Å². The Bertz CT molecular complexity index is 1190. The van der Waals surface area contributed by atoms with Gasteiger partial charge in [0.15, 0.2) is 0 Å². The summed E-state index contributed by atoms with van der Waals surface area (Å²) in [5.74, 6) is -1.26. The minimum Gasteiger partial charge on any atom is -0.478 e. The fourth-order valence-electron chi connectivity index (χ4n) is 3.12. The van der Waals surface area contributed by atoms with E-state index in [0.29, 0.717) is 22.4 Å². The van der Waals surface area contributed by atoms with Crippen LogP contribution < -0.4 is 5.32 Å². The summed E-state index contributed by atoms with van der Waals surface area (Å²) in [6.07, 6.45) is 3.21. The largest absolute Gasteiger partial charge is 0.478 e. The molecule has 0 aliphatic heterocycles. The monoisotopic (exact) mass is 403 g/mol. The molecule has 0 atom stereocenters. The highest BCUT2D eigenvalue weighted by Crippen LogP contribution is 2.34. The Morgan fingerprint density at radius 3 is 2.62 bits per heavy atom. The molecule has 0 fully saturated rings. The summed E-state index contributed by atoms with van der Waals surface area (Å²) in [6.45, 7) is 1.93. The topological polar surface area (TPSA) is 79.5 Å². The van der Waals surface area contributed by atoms with E-state index in [-0.39, 0.29) is 11.5 Å². The first-order valence-corrected chi connectivity index (χ1v) is 9.81. The fraction of sp³-hybridized carbons (Fsp3) is 0.0435. The molecule has 2 aromatic heterocycles. The number of furan rings is 1. The molecule has 2 heterocycles. The lowest BCUT2D eigenvalue weighted by Crippen LogP contribution is -2.13. The Kier molecular flexibility index (Phi) is 5.01. The van der Waals surface area contributed by atoms with Crippen molar-refractivity contribution in [2.24, 2.45) is 0 Å². The first-order chi connectivity index (χ1) is 14.0. The number of hydrogen-bond acceptors (Lipinski definition) is 4. The summed E-state index contributed by atoms with van der Waals surface area (Å²) in [5, 5.41) is 15.8. The number of carbonyl (C=O) groups excluding carboxylic acids is 1. The molecule has 6 heteroatoms. The number of thiophene rings is 1. The van der Waals surface area contributed by atoms with E-state index in [2.05, 4.69) is 5.32 Å². The Balaban J connectivity index is 1.68. The van der Waals surface area contributed by atoms with Gasteiger partial charge in [-0.05, 0) is 48.2 Å². The van der Waals surface area contributed by atoms with Crippen LogP contribution in [0.25, 0.3) is 22.3 Å². The summed E-state index contributed by atoms with van der Waals surface area (Å²) < 4.78 is 5.12. The molecule has 2 aromatic carbocycles. The zero-order chi connectivity index (χ0) is 20.4. The van der Waals surface area contributed by atoms with Gasteiger partial charge in [0.25, 0.3) is 5.91 Å². The third kappa shape index (κ3) is 3.83. The fourth-order valence-corrected chi connectivity index (χ4v) is 3.95. The highest BCUT2D eigenvalue weighted by atomic mass is 32.1. The first-order valence-electron chi connectivity index (χ1n) is 8.87. The number of benzene rings is 2. The number of carboxylic acid groups (broad SMARTS) is 1. The van der Waals surface area contributed by atoms with Gasteiger partial charge in [-0.2, -0.15) is 11.3 Å². The molecule has 0 spiro atoms. The lowest BCUT2D eigenvalue weighted by Gasteiger charge is -2.13. The maximum absolute atomic E-state index is 12.9. The minimum atomic E-state index is -0.993. The predicted molar refractivity (Wildman–Crippen MR) is 114 cm³/mol. The summed E-state index contributed by atoms with van der Waals surface area (Å²) in [5.41, 5.74) is 5.30. The van der Waals surface area contributed by atoms with Gasteiger partial charge in [-0.3, -0.25) is 4.79 Å². The van der Waals surface area contributed by atoms with Crippen molar-refractivity contribution in [1.29, 1.82) is 0 Å². The van der Waals surface area contributed by atoms with Crippen LogP contribution in [0.3, 0.4) is 0 Å². The number of carbonyl (C=O) groups is 2. The third-order valence-corrected chi connectivity index (χ3v) is 5.33. The van der Waals surface area contributed by atoms with Gasteiger partial charge in [-0.1, -0.05) is 23.8 Å². The standard InChI is InChI=1S/C23H17NO4S/c1-14-5-6-21(18(9-14)19-12-29-13-20(19)23(26)27)24-22(25)16-4-2-3-15(10-16)17-7-8-28-11-17/h2-13H,1H3,(H,24,25)(H,26,27). The van der Waals surface area contributed by atoms with E-state index in [1.165, 1.54) is 11.3 Å². The second kappa shape index (κ2) is 7.77. The maximum atomic E-state index is 12.9. The van der Waals surface area contributed by atoms with Gasteiger partial charge in [0.2, 0.25) is 0 Å². The highest BCUT2D eigenvalue weighted by molar-refractivity contribution is 7.08. The Hall–Kier alpha value is -3.64. The van der Waals surface area contributed by atoms with Gasteiger partial charge in [-0.25, -0.2) is 4.79 Å². The molecule has 1 amide bonds. The first kappa shape index (κ1) is 18.7. The van der Waals surface area contributed by atoms with Crippen LogP contribution in [0.1, 0.15) is 26.3 Å². The molecule has 29 heavy (non-hydrogen) atoms. The zero-order valence-corrected chi connectivity index (χ0v) is 16.3. The van der Waals surface area contributed by atoms with Gasteiger partial charge in [0.05, 0.1) is 18.1 Å².